The van der Waals surface area contributed by atoms with Crippen molar-refractivity contribution in [1.29, 1.82) is 0 Å². The van der Waals surface area contributed by atoms with Gasteiger partial charge in [-0.15, -0.1) is 0 Å². The predicted molar refractivity (Wildman–Crippen MR) is 83.4 cm³/mol. The molecule has 2 heterocycles. The van der Waals surface area contributed by atoms with Crippen molar-refractivity contribution in [1.82, 2.24) is 15.3 Å². The highest BCUT2D eigenvalue weighted by molar-refractivity contribution is 5.76. The van der Waals surface area contributed by atoms with E-state index in [-0.39, 0.29) is 5.91 Å². The summed E-state index contributed by atoms with van der Waals surface area (Å²) in [4.78, 5) is 22.4. The number of hydrogen-bond acceptors (Lipinski definition) is 5. The standard InChI is InChI=1S/C16H24N4O2/c21-14(10-13-4-1-2-5-13)19-11-16(22)6-9-20(12-16)15-17-7-3-8-18-15/h3,7-8,13,22H,1-2,4-6,9-12H2,(H,19,21)/t16-/m1/s1. The summed E-state index contributed by atoms with van der Waals surface area (Å²) in [6.45, 7) is 1.47. The van der Waals surface area contributed by atoms with Crippen LogP contribution in [-0.2, 0) is 4.79 Å². The minimum absolute atomic E-state index is 0.0646. The van der Waals surface area contributed by atoms with Crippen LogP contribution in [0.4, 0.5) is 5.95 Å². The number of hydrogen-bond donors (Lipinski definition) is 2. The molecule has 1 aliphatic carbocycles. The molecule has 1 aliphatic heterocycles. The van der Waals surface area contributed by atoms with E-state index in [1.54, 1.807) is 18.5 Å². The highest BCUT2D eigenvalue weighted by Gasteiger charge is 2.37. The van der Waals surface area contributed by atoms with Gasteiger partial charge in [0, 0.05) is 31.9 Å². The molecule has 1 amide bonds. The summed E-state index contributed by atoms with van der Waals surface area (Å²) >= 11 is 0. The molecule has 1 saturated carbocycles. The summed E-state index contributed by atoms with van der Waals surface area (Å²) in [5.41, 5.74) is -0.884. The van der Waals surface area contributed by atoms with Gasteiger partial charge in [0.2, 0.25) is 11.9 Å². The number of nitrogens with zero attached hydrogens (tertiary/aromatic N) is 3. The Labute approximate surface area is 131 Å². The van der Waals surface area contributed by atoms with Gasteiger partial charge in [0.15, 0.2) is 0 Å². The van der Waals surface area contributed by atoms with Gasteiger partial charge in [-0.3, -0.25) is 4.79 Å². The highest BCUT2D eigenvalue weighted by Crippen LogP contribution is 2.27. The lowest BCUT2D eigenvalue weighted by atomic mass is 10.0. The Morgan fingerprint density at radius 3 is 2.82 bits per heavy atom. The Kier molecular flexibility index (Phi) is 4.57. The Bertz CT molecular complexity index is 504. The molecule has 2 aliphatic rings. The van der Waals surface area contributed by atoms with E-state index in [1.807, 2.05) is 4.90 Å². The van der Waals surface area contributed by atoms with Crippen molar-refractivity contribution in [3.05, 3.63) is 18.5 Å². The molecule has 1 aromatic rings. The molecule has 0 spiro atoms. The number of nitrogens with one attached hydrogen (secondary N) is 1. The molecule has 0 bridgehead atoms. The smallest absolute Gasteiger partial charge is 0.225 e. The molecule has 2 fully saturated rings. The van der Waals surface area contributed by atoms with Gasteiger partial charge in [-0.05, 0) is 31.2 Å². The van der Waals surface area contributed by atoms with E-state index in [4.69, 9.17) is 0 Å². The number of aliphatic hydroxyl groups is 1. The largest absolute Gasteiger partial charge is 0.386 e. The first-order chi connectivity index (χ1) is 10.6. The first kappa shape index (κ1) is 15.2. The molecule has 22 heavy (non-hydrogen) atoms. The van der Waals surface area contributed by atoms with Crippen LogP contribution in [0.5, 0.6) is 0 Å². The van der Waals surface area contributed by atoms with Crippen LogP contribution in [0.25, 0.3) is 0 Å². The minimum atomic E-state index is -0.884. The van der Waals surface area contributed by atoms with Crippen LogP contribution in [0.15, 0.2) is 18.5 Å². The van der Waals surface area contributed by atoms with Crippen LogP contribution in [0.3, 0.4) is 0 Å². The van der Waals surface area contributed by atoms with Crippen molar-refractivity contribution < 1.29 is 9.90 Å². The van der Waals surface area contributed by atoms with Gasteiger partial charge in [0.05, 0.1) is 6.54 Å². The average molecular weight is 304 g/mol. The van der Waals surface area contributed by atoms with E-state index in [2.05, 4.69) is 15.3 Å². The molecule has 0 unspecified atom stereocenters. The van der Waals surface area contributed by atoms with Gasteiger partial charge >= 0.3 is 0 Å². The summed E-state index contributed by atoms with van der Waals surface area (Å²) in [7, 11) is 0. The van der Waals surface area contributed by atoms with Crippen LogP contribution in [-0.4, -0.2) is 46.2 Å². The molecule has 6 heteroatoms. The minimum Gasteiger partial charge on any atom is -0.386 e. The van der Waals surface area contributed by atoms with Crippen LogP contribution in [0.1, 0.15) is 38.5 Å². The van der Waals surface area contributed by atoms with Gasteiger partial charge in [-0.25, -0.2) is 9.97 Å². The molecule has 1 aromatic heterocycles. The van der Waals surface area contributed by atoms with Crippen molar-refractivity contribution in [3.63, 3.8) is 0 Å². The highest BCUT2D eigenvalue weighted by atomic mass is 16.3. The van der Waals surface area contributed by atoms with Gasteiger partial charge in [0.25, 0.3) is 0 Å². The number of carbonyl (C=O) groups excluding carboxylic acids is 1. The summed E-state index contributed by atoms with van der Waals surface area (Å²) in [6, 6.07) is 1.77. The third-order valence-corrected chi connectivity index (χ3v) is 4.73. The number of aromatic nitrogens is 2. The summed E-state index contributed by atoms with van der Waals surface area (Å²) in [5.74, 6) is 1.23. The SMILES string of the molecule is O=C(CC1CCCC1)NC[C@]1(O)CCN(c2ncccn2)C1. The zero-order chi connectivity index (χ0) is 15.4. The maximum absolute atomic E-state index is 12.0. The summed E-state index contributed by atoms with van der Waals surface area (Å²) < 4.78 is 0. The molecule has 2 N–H and O–H groups in total. The molecule has 1 atom stereocenters. The topological polar surface area (TPSA) is 78.4 Å². The molecule has 3 rings (SSSR count). The van der Waals surface area contributed by atoms with Crippen molar-refractivity contribution in [2.45, 2.75) is 44.1 Å². The van der Waals surface area contributed by atoms with E-state index in [0.717, 1.165) is 12.8 Å². The van der Waals surface area contributed by atoms with Crippen LogP contribution in [0.2, 0.25) is 0 Å². The lowest BCUT2D eigenvalue weighted by Crippen LogP contribution is -2.45. The molecule has 6 nitrogen and oxygen atoms in total. The first-order valence-electron chi connectivity index (χ1n) is 8.16. The molecule has 0 aromatic carbocycles. The van der Waals surface area contributed by atoms with Gasteiger partial charge in [-0.2, -0.15) is 0 Å². The zero-order valence-electron chi connectivity index (χ0n) is 12.9. The lowest BCUT2D eigenvalue weighted by molar-refractivity contribution is -0.123. The number of rotatable bonds is 5. The van der Waals surface area contributed by atoms with Crippen molar-refractivity contribution in [3.8, 4) is 0 Å². The van der Waals surface area contributed by atoms with Gasteiger partial charge in [0.1, 0.15) is 5.60 Å². The second-order valence-corrected chi connectivity index (χ2v) is 6.58. The second kappa shape index (κ2) is 6.60. The predicted octanol–water partition coefficient (Wildman–Crippen LogP) is 1.11. The number of amides is 1. The Hall–Kier alpha value is -1.69. The summed E-state index contributed by atoms with van der Waals surface area (Å²) in [6.07, 6.45) is 9.43. The van der Waals surface area contributed by atoms with Crippen molar-refractivity contribution in [2.75, 3.05) is 24.5 Å². The van der Waals surface area contributed by atoms with E-state index >= 15 is 0 Å². The summed E-state index contributed by atoms with van der Waals surface area (Å²) in [5, 5.41) is 13.5. The van der Waals surface area contributed by atoms with E-state index < -0.39 is 5.60 Å². The van der Waals surface area contributed by atoms with Crippen LogP contribution < -0.4 is 10.2 Å². The molecular weight excluding hydrogens is 280 g/mol. The van der Waals surface area contributed by atoms with E-state index in [1.165, 1.54) is 12.8 Å². The lowest BCUT2D eigenvalue weighted by Gasteiger charge is -2.24. The fourth-order valence-electron chi connectivity index (χ4n) is 3.44. The van der Waals surface area contributed by atoms with Crippen molar-refractivity contribution >= 4 is 11.9 Å². The third-order valence-electron chi connectivity index (χ3n) is 4.73. The van der Waals surface area contributed by atoms with Crippen molar-refractivity contribution in [2.24, 2.45) is 5.92 Å². The van der Waals surface area contributed by atoms with Crippen LogP contribution in [0, 0.1) is 5.92 Å². The molecular formula is C16H24N4O2. The second-order valence-electron chi connectivity index (χ2n) is 6.58. The van der Waals surface area contributed by atoms with Crippen LogP contribution >= 0.6 is 0 Å². The van der Waals surface area contributed by atoms with E-state index in [9.17, 15) is 9.90 Å². The molecule has 0 radical (unpaired) electrons. The first-order valence-corrected chi connectivity index (χ1v) is 8.16. The van der Waals surface area contributed by atoms with Gasteiger partial charge in [-0.1, -0.05) is 12.8 Å². The fourth-order valence-corrected chi connectivity index (χ4v) is 3.44. The fraction of sp³-hybridized carbons (Fsp3) is 0.688. The monoisotopic (exact) mass is 304 g/mol. The van der Waals surface area contributed by atoms with Gasteiger partial charge < -0.3 is 15.3 Å². The molecule has 1 saturated heterocycles. The van der Waals surface area contributed by atoms with E-state index in [0.29, 0.717) is 44.3 Å². The number of carbonyl (C=O) groups is 1. The normalized spacial score (nSPS) is 25.6. The Morgan fingerprint density at radius 2 is 2.09 bits per heavy atom. The number of anilines is 1. The molecule has 120 valence electrons. The Balaban J connectivity index is 1.47. The zero-order valence-corrected chi connectivity index (χ0v) is 12.9. The average Bonchev–Trinajstić information content (AvgIpc) is 3.17. The maximum atomic E-state index is 12.0. The third kappa shape index (κ3) is 3.74. The Morgan fingerprint density at radius 1 is 1.36 bits per heavy atom. The quantitative estimate of drug-likeness (QED) is 0.852. The maximum Gasteiger partial charge on any atom is 0.225 e. The number of β-amino-alcohol motifs (C(OH)–C–C–N with tert-alkyl or cyclic N) is 1.